The van der Waals surface area contributed by atoms with E-state index in [0.29, 0.717) is 5.92 Å². The first-order valence-electron chi connectivity index (χ1n) is 4.52. The SMILES string of the molecule is COC(C)(C)C(C)C(C)=C(C)C. The third-order valence-corrected chi connectivity index (χ3v) is 3.01. The summed E-state index contributed by atoms with van der Waals surface area (Å²) in [5, 5.41) is 0. The lowest BCUT2D eigenvalue weighted by Crippen LogP contribution is -2.32. The fourth-order valence-electron chi connectivity index (χ4n) is 1.13. The molecule has 0 aromatic rings. The van der Waals surface area contributed by atoms with E-state index in [-0.39, 0.29) is 5.60 Å². The van der Waals surface area contributed by atoms with Gasteiger partial charge in [0.15, 0.2) is 0 Å². The summed E-state index contributed by atoms with van der Waals surface area (Å²) in [6, 6.07) is 0. The van der Waals surface area contributed by atoms with Gasteiger partial charge in [0.2, 0.25) is 0 Å². The molecular formula is C11H22O. The summed E-state index contributed by atoms with van der Waals surface area (Å²) in [5.41, 5.74) is 2.77. The standard InChI is InChI=1S/C11H22O/c1-8(2)9(3)10(4)11(5,6)12-7/h10H,1-7H3. The zero-order valence-corrected chi connectivity index (χ0v) is 9.49. The summed E-state index contributed by atoms with van der Waals surface area (Å²) < 4.78 is 5.44. The van der Waals surface area contributed by atoms with Gasteiger partial charge in [-0.1, -0.05) is 18.1 Å². The summed E-state index contributed by atoms with van der Waals surface area (Å²) in [6.07, 6.45) is 0. The van der Waals surface area contributed by atoms with E-state index in [1.165, 1.54) is 11.1 Å². The van der Waals surface area contributed by atoms with Crippen LogP contribution in [0.5, 0.6) is 0 Å². The van der Waals surface area contributed by atoms with Crippen molar-refractivity contribution in [1.29, 1.82) is 0 Å². The van der Waals surface area contributed by atoms with Crippen LogP contribution in [0.2, 0.25) is 0 Å². The summed E-state index contributed by atoms with van der Waals surface area (Å²) in [6.45, 7) is 13.0. The van der Waals surface area contributed by atoms with E-state index in [9.17, 15) is 0 Å². The summed E-state index contributed by atoms with van der Waals surface area (Å²) in [4.78, 5) is 0. The number of methoxy groups -OCH3 is 1. The molecule has 0 aromatic heterocycles. The zero-order chi connectivity index (χ0) is 9.94. The number of hydrogen-bond donors (Lipinski definition) is 0. The minimum absolute atomic E-state index is 0.0542. The molecule has 1 unspecified atom stereocenters. The Kier molecular flexibility index (Phi) is 3.98. The van der Waals surface area contributed by atoms with Crippen LogP contribution < -0.4 is 0 Å². The molecule has 1 nitrogen and oxygen atoms in total. The highest BCUT2D eigenvalue weighted by Gasteiger charge is 2.26. The van der Waals surface area contributed by atoms with Crippen molar-refractivity contribution >= 4 is 0 Å². The van der Waals surface area contributed by atoms with Crippen LogP contribution in [0.1, 0.15) is 41.5 Å². The minimum Gasteiger partial charge on any atom is -0.378 e. The van der Waals surface area contributed by atoms with Gasteiger partial charge in [0, 0.05) is 13.0 Å². The average molecular weight is 170 g/mol. The molecule has 1 heteroatoms. The van der Waals surface area contributed by atoms with Crippen molar-refractivity contribution in [2.75, 3.05) is 7.11 Å². The van der Waals surface area contributed by atoms with Crippen molar-refractivity contribution in [3.63, 3.8) is 0 Å². The van der Waals surface area contributed by atoms with E-state index >= 15 is 0 Å². The molecule has 0 N–H and O–H groups in total. The molecule has 0 fully saturated rings. The smallest absolute Gasteiger partial charge is 0.0685 e. The van der Waals surface area contributed by atoms with Crippen LogP contribution >= 0.6 is 0 Å². The Bertz CT molecular complexity index is 173. The zero-order valence-electron chi connectivity index (χ0n) is 9.49. The topological polar surface area (TPSA) is 9.23 Å². The van der Waals surface area contributed by atoms with E-state index in [1.807, 2.05) is 0 Å². The van der Waals surface area contributed by atoms with E-state index in [4.69, 9.17) is 4.74 Å². The highest BCUT2D eigenvalue weighted by molar-refractivity contribution is 5.13. The maximum absolute atomic E-state index is 5.44. The summed E-state index contributed by atoms with van der Waals surface area (Å²) in [7, 11) is 1.77. The molecule has 0 rings (SSSR count). The van der Waals surface area contributed by atoms with Crippen LogP contribution in [-0.4, -0.2) is 12.7 Å². The van der Waals surface area contributed by atoms with Gasteiger partial charge in [-0.25, -0.2) is 0 Å². The first-order chi connectivity index (χ1) is 5.33. The number of ether oxygens (including phenoxy) is 1. The van der Waals surface area contributed by atoms with Crippen LogP contribution in [0.15, 0.2) is 11.1 Å². The van der Waals surface area contributed by atoms with Gasteiger partial charge in [-0.2, -0.15) is 0 Å². The van der Waals surface area contributed by atoms with Gasteiger partial charge in [-0.15, -0.1) is 0 Å². The molecule has 1 atom stereocenters. The van der Waals surface area contributed by atoms with Crippen molar-refractivity contribution in [1.82, 2.24) is 0 Å². The molecule has 0 saturated heterocycles. The lowest BCUT2D eigenvalue weighted by molar-refractivity contribution is -0.0103. The quantitative estimate of drug-likeness (QED) is 0.590. The maximum atomic E-state index is 5.44. The molecule has 0 radical (unpaired) electrons. The van der Waals surface area contributed by atoms with Gasteiger partial charge in [0.1, 0.15) is 0 Å². The predicted molar refractivity (Wildman–Crippen MR) is 54.3 cm³/mol. The Morgan fingerprint density at radius 2 is 1.58 bits per heavy atom. The molecule has 0 heterocycles. The van der Waals surface area contributed by atoms with Crippen LogP contribution in [0.25, 0.3) is 0 Å². The molecule has 0 spiro atoms. The number of rotatable bonds is 3. The van der Waals surface area contributed by atoms with E-state index < -0.39 is 0 Å². The van der Waals surface area contributed by atoms with Crippen molar-refractivity contribution in [2.24, 2.45) is 5.92 Å². The fraction of sp³-hybridized carbons (Fsp3) is 0.818. The molecule has 0 bridgehead atoms. The van der Waals surface area contributed by atoms with Gasteiger partial charge in [0.05, 0.1) is 5.60 Å². The highest BCUT2D eigenvalue weighted by atomic mass is 16.5. The first-order valence-corrected chi connectivity index (χ1v) is 4.52. The van der Waals surface area contributed by atoms with Gasteiger partial charge < -0.3 is 4.74 Å². The Morgan fingerprint density at radius 1 is 1.17 bits per heavy atom. The lowest BCUT2D eigenvalue weighted by Gasteiger charge is -2.31. The monoisotopic (exact) mass is 170 g/mol. The second-order valence-corrected chi connectivity index (χ2v) is 4.21. The Hall–Kier alpha value is -0.300. The van der Waals surface area contributed by atoms with Crippen LogP contribution in [0.3, 0.4) is 0 Å². The van der Waals surface area contributed by atoms with Gasteiger partial charge >= 0.3 is 0 Å². The molecule has 0 aliphatic heterocycles. The summed E-state index contributed by atoms with van der Waals surface area (Å²) in [5.74, 6) is 0.479. The molecule has 0 aromatic carbocycles. The lowest BCUT2D eigenvalue weighted by atomic mass is 9.85. The minimum atomic E-state index is -0.0542. The summed E-state index contributed by atoms with van der Waals surface area (Å²) >= 11 is 0. The Balaban J connectivity index is 4.61. The van der Waals surface area contributed by atoms with E-state index in [1.54, 1.807) is 7.11 Å². The maximum Gasteiger partial charge on any atom is 0.0685 e. The van der Waals surface area contributed by atoms with Crippen molar-refractivity contribution in [2.45, 2.75) is 47.1 Å². The molecular weight excluding hydrogens is 148 g/mol. The largest absolute Gasteiger partial charge is 0.378 e. The van der Waals surface area contributed by atoms with Crippen LogP contribution in [0.4, 0.5) is 0 Å². The van der Waals surface area contributed by atoms with Gasteiger partial charge in [-0.3, -0.25) is 0 Å². The normalized spacial score (nSPS) is 14.2. The second-order valence-electron chi connectivity index (χ2n) is 4.21. The van der Waals surface area contributed by atoms with E-state index in [0.717, 1.165) is 0 Å². The molecule has 0 aliphatic carbocycles. The van der Waals surface area contributed by atoms with Gasteiger partial charge in [0.25, 0.3) is 0 Å². The fourth-order valence-corrected chi connectivity index (χ4v) is 1.13. The first kappa shape index (κ1) is 11.7. The molecule has 0 saturated carbocycles. The second kappa shape index (κ2) is 4.08. The molecule has 12 heavy (non-hydrogen) atoms. The Morgan fingerprint density at radius 3 is 1.83 bits per heavy atom. The average Bonchev–Trinajstić information content (AvgIpc) is 2.01. The third-order valence-electron chi connectivity index (χ3n) is 3.01. The molecule has 0 aliphatic rings. The number of allylic oxidation sites excluding steroid dienone is 1. The Labute approximate surface area is 76.8 Å². The van der Waals surface area contributed by atoms with Crippen LogP contribution in [-0.2, 0) is 4.74 Å². The molecule has 72 valence electrons. The third kappa shape index (κ3) is 2.63. The number of hydrogen-bond acceptors (Lipinski definition) is 1. The van der Waals surface area contributed by atoms with Crippen molar-refractivity contribution in [3.05, 3.63) is 11.1 Å². The molecule has 0 amide bonds. The van der Waals surface area contributed by atoms with Gasteiger partial charge in [-0.05, 0) is 34.6 Å². The van der Waals surface area contributed by atoms with Crippen LogP contribution in [0, 0.1) is 5.92 Å². The van der Waals surface area contributed by atoms with Crippen molar-refractivity contribution < 1.29 is 4.74 Å². The predicted octanol–water partition coefficient (Wildman–Crippen LogP) is 3.40. The highest BCUT2D eigenvalue weighted by Crippen LogP contribution is 2.28. The van der Waals surface area contributed by atoms with E-state index in [2.05, 4.69) is 41.5 Å². The van der Waals surface area contributed by atoms with Crippen molar-refractivity contribution in [3.8, 4) is 0 Å².